The Hall–Kier alpha value is -1.93. The summed E-state index contributed by atoms with van der Waals surface area (Å²) in [6, 6.07) is 8.00. The molecule has 1 aliphatic heterocycles. The minimum Gasteiger partial charge on any atom is -0.450 e. The topological polar surface area (TPSA) is 76.6 Å². The van der Waals surface area contributed by atoms with E-state index in [-0.39, 0.29) is 24.6 Å². The Morgan fingerprint density at radius 3 is 2.93 bits per heavy atom. The first-order valence-corrected chi connectivity index (χ1v) is 9.00. The van der Waals surface area contributed by atoms with Gasteiger partial charge in [0.25, 0.3) is 5.89 Å². The number of furan rings is 1. The minimum atomic E-state index is 0. The van der Waals surface area contributed by atoms with Gasteiger partial charge in [0.15, 0.2) is 11.6 Å². The second-order valence-corrected chi connectivity index (χ2v) is 6.92. The van der Waals surface area contributed by atoms with Gasteiger partial charge in [0.2, 0.25) is 0 Å². The van der Waals surface area contributed by atoms with E-state index in [1.165, 1.54) is 0 Å². The van der Waals surface area contributed by atoms with Crippen LogP contribution in [0.2, 0.25) is 0 Å². The molecule has 3 heterocycles. The minimum absolute atomic E-state index is 0. The summed E-state index contributed by atoms with van der Waals surface area (Å²) in [5.41, 5.74) is 1.74. The van der Waals surface area contributed by atoms with Crippen molar-refractivity contribution in [2.45, 2.75) is 32.6 Å². The van der Waals surface area contributed by atoms with E-state index in [4.69, 9.17) is 13.7 Å². The Bertz CT molecular complexity index is 892. The highest BCUT2D eigenvalue weighted by Gasteiger charge is 2.27. The lowest BCUT2D eigenvalue weighted by atomic mass is 10.1. The third kappa shape index (κ3) is 4.01. The molecule has 0 radical (unpaired) electrons. The molecule has 0 amide bonds. The van der Waals surface area contributed by atoms with Gasteiger partial charge in [-0.1, -0.05) is 23.4 Å². The van der Waals surface area contributed by atoms with E-state index in [9.17, 15) is 0 Å². The van der Waals surface area contributed by atoms with Crippen LogP contribution in [0.15, 0.2) is 33.2 Å². The van der Waals surface area contributed by atoms with Gasteiger partial charge < -0.3 is 19.0 Å². The molecule has 1 unspecified atom stereocenters. The first kappa shape index (κ1) is 19.8. The van der Waals surface area contributed by atoms with Crippen LogP contribution in [0.4, 0.5) is 0 Å². The molecule has 0 aliphatic carbocycles. The molecule has 146 valence electrons. The van der Waals surface area contributed by atoms with Gasteiger partial charge in [-0.2, -0.15) is 4.98 Å². The second-order valence-electron chi connectivity index (χ2n) is 6.92. The van der Waals surface area contributed by atoms with Crippen LogP contribution in [0, 0.1) is 0 Å². The van der Waals surface area contributed by atoms with Crippen molar-refractivity contribution in [1.82, 2.24) is 20.4 Å². The number of hydrogen-bond acceptors (Lipinski definition) is 7. The molecular weight excluding hydrogens is 368 g/mol. The second kappa shape index (κ2) is 8.39. The van der Waals surface area contributed by atoms with Crippen LogP contribution >= 0.6 is 12.4 Å². The van der Waals surface area contributed by atoms with E-state index in [1.54, 1.807) is 0 Å². The van der Waals surface area contributed by atoms with E-state index >= 15 is 0 Å². The Kier molecular flexibility index (Phi) is 6.16. The number of para-hydroxylation sites is 1. The zero-order valence-electron chi connectivity index (χ0n) is 15.8. The number of likely N-dealkylation sites (N-methyl/N-ethyl adjacent to an activating group) is 1. The van der Waals surface area contributed by atoms with Gasteiger partial charge >= 0.3 is 0 Å². The number of hydrogen-bond donors (Lipinski definition) is 1. The SMILES string of the molecule is CC(C)OCc1c(-c2nc(C3CNCCN3C)no2)oc2ccccc12.Cl. The average Bonchev–Trinajstić information content (AvgIpc) is 3.25. The molecule has 4 rings (SSSR count). The van der Waals surface area contributed by atoms with Crippen molar-refractivity contribution < 1.29 is 13.7 Å². The number of nitrogens with zero attached hydrogens (tertiary/aromatic N) is 3. The lowest BCUT2D eigenvalue weighted by molar-refractivity contribution is 0.0662. The maximum absolute atomic E-state index is 6.04. The average molecular weight is 393 g/mol. The van der Waals surface area contributed by atoms with Crippen LogP contribution in [0.25, 0.3) is 22.6 Å². The summed E-state index contributed by atoms with van der Waals surface area (Å²) in [7, 11) is 2.07. The van der Waals surface area contributed by atoms with Crippen LogP contribution in [0.1, 0.15) is 31.3 Å². The van der Waals surface area contributed by atoms with Gasteiger partial charge in [-0.05, 0) is 27.0 Å². The van der Waals surface area contributed by atoms with E-state index in [1.807, 2.05) is 38.1 Å². The Morgan fingerprint density at radius 1 is 1.33 bits per heavy atom. The van der Waals surface area contributed by atoms with E-state index in [0.717, 1.165) is 36.2 Å². The highest BCUT2D eigenvalue weighted by molar-refractivity contribution is 5.86. The fourth-order valence-electron chi connectivity index (χ4n) is 3.22. The smallest absolute Gasteiger partial charge is 0.294 e. The summed E-state index contributed by atoms with van der Waals surface area (Å²) in [6.45, 7) is 7.19. The van der Waals surface area contributed by atoms with Crippen LogP contribution < -0.4 is 5.32 Å². The van der Waals surface area contributed by atoms with E-state index < -0.39 is 0 Å². The number of ether oxygens (including phenoxy) is 1. The summed E-state index contributed by atoms with van der Waals surface area (Å²) >= 11 is 0. The van der Waals surface area contributed by atoms with Crippen LogP contribution in [0.3, 0.4) is 0 Å². The number of piperazine rings is 1. The monoisotopic (exact) mass is 392 g/mol. The van der Waals surface area contributed by atoms with Crippen LogP contribution in [-0.4, -0.2) is 47.8 Å². The van der Waals surface area contributed by atoms with Crippen molar-refractivity contribution in [2.75, 3.05) is 26.7 Å². The number of aromatic nitrogens is 2. The zero-order valence-corrected chi connectivity index (χ0v) is 16.6. The summed E-state index contributed by atoms with van der Waals surface area (Å²) in [4.78, 5) is 6.86. The Balaban J connectivity index is 0.00000210. The third-order valence-corrected chi connectivity index (χ3v) is 4.70. The zero-order chi connectivity index (χ0) is 18.1. The summed E-state index contributed by atoms with van der Waals surface area (Å²) in [5.74, 6) is 1.67. The molecule has 3 aromatic rings. The predicted octanol–water partition coefficient (Wildman–Crippen LogP) is 3.41. The number of halogens is 1. The van der Waals surface area contributed by atoms with Crippen LogP contribution in [-0.2, 0) is 11.3 Å². The molecule has 8 heteroatoms. The maximum atomic E-state index is 6.04. The predicted molar refractivity (Wildman–Crippen MR) is 105 cm³/mol. The molecule has 1 aromatic carbocycles. The van der Waals surface area contributed by atoms with Crippen molar-refractivity contribution in [3.63, 3.8) is 0 Å². The summed E-state index contributed by atoms with van der Waals surface area (Å²) < 4.78 is 17.4. The van der Waals surface area contributed by atoms with Gasteiger partial charge in [0.1, 0.15) is 5.58 Å². The van der Waals surface area contributed by atoms with E-state index in [0.29, 0.717) is 24.1 Å². The molecule has 0 spiro atoms. The molecular formula is C19H25ClN4O3. The van der Waals surface area contributed by atoms with E-state index in [2.05, 4.69) is 27.4 Å². The Morgan fingerprint density at radius 2 is 2.15 bits per heavy atom. The molecule has 1 fully saturated rings. The molecule has 1 aliphatic rings. The quantitative estimate of drug-likeness (QED) is 0.712. The van der Waals surface area contributed by atoms with Crippen molar-refractivity contribution >= 4 is 23.4 Å². The molecule has 27 heavy (non-hydrogen) atoms. The fourth-order valence-corrected chi connectivity index (χ4v) is 3.22. The number of fused-ring (bicyclic) bond motifs is 1. The largest absolute Gasteiger partial charge is 0.450 e. The maximum Gasteiger partial charge on any atom is 0.294 e. The fraction of sp³-hybridized carbons (Fsp3) is 0.474. The van der Waals surface area contributed by atoms with Crippen molar-refractivity contribution in [1.29, 1.82) is 0 Å². The standard InChI is InChI=1S/C19H24N4O3.ClH/c1-12(2)24-11-14-13-6-4-5-7-16(13)25-17(14)19-21-18(22-26-19)15-10-20-8-9-23(15)3;/h4-7,12,15,20H,8-11H2,1-3H3;1H. The molecule has 1 saturated heterocycles. The highest BCUT2D eigenvalue weighted by Crippen LogP contribution is 2.34. The number of rotatable bonds is 5. The van der Waals surface area contributed by atoms with Crippen LogP contribution in [0.5, 0.6) is 0 Å². The molecule has 0 saturated carbocycles. The first-order chi connectivity index (χ1) is 12.6. The molecule has 7 nitrogen and oxygen atoms in total. The Labute approximate surface area is 164 Å². The van der Waals surface area contributed by atoms with Crippen molar-refractivity contribution in [2.24, 2.45) is 0 Å². The molecule has 0 bridgehead atoms. The van der Waals surface area contributed by atoms with Gasteiger partial charge in [-0.3, -0.25) is 4.90 Å². The summed E-state index contributed by atoms with van der Waals surface area (Å²) in [6.07, 6.45) is 0.122. The molecule has 1 N–H and O–H groups in total. The highest BCUT2D eigenvalue weighted by atomic mass is 35.5. The third-order valence-electron chi connectivity index (χ3n) is 4.70. The number of nitrogens with one attached hydrogen (secondary N) is 1. The molecule has 2 aromatic heterocycles. The van der Waals surface area contributed by atoms with Crippen molar-refractivity contribution in [3.8, 4) is 11.7 Å². The van der Waals surface area contributed by atoms with Gasteiger partial charge in [-0.15, -0.1) is 12.4 Å². The normalized spacial score (nSPS) is 18.1. The number of benzene rings is 1. The lowest BCUT2D eigenvalue weighted by Gasteiger charge is -2.30. The van der Waals surface area contributed by atoms with Gasteiger partial charge in [0.05, 0.1) is 18.8 Å². The van der Waals surface area contributed by atoms with Gasteiger partial charge in [-0.25, -0.2) is 0 Å². The first-order valence-electron chi connectivity index (χ1n) is 9.00. The van der Waals surface area contributed by atoms with Gasteiger partial charge in [0, 0.05) is 30.6 Å². The molecule has 1 atom stereocenters. The summed E-state index contributed by atoms with van der Waals surface area (Å²) in [5, 5.41) is 8.59. The lowest BCUT2D eigenvalue weighted by Crippen LogP contribution is -2.44. The van der Waals surface area contributed by atoms with Crippen molar-refractivity contribution in [3.05, 3.63) is 35.7 Å².